The molecule has 0 atom stereocenters. The van der Waals surface area contributed by atoms with Crippen LogP contribution in [0.5, 0.6) is 11.5 Å². The highest BCUT2D eigenvalue weighted by molar-refractivity contribution is 5.94. The number of nitrogens with zero attached hydrogens (tertiary/aromatic N) is 1. The number of amides is 2. The number of rotatable bonds is 3. The van der Waals surface area contributed by atoms with Crippen LogP contribution in [0.2, 0.25) is 0 Å². The van der Waals surface area contributed by atoms with Crippen LogP contribution in [0.25, 0.3) is 0 Å². The van der Waals surface area contributed by atoms with Gasteiger partial charge in [0.2, 0.25) is 5.91 Å². The summed E-state index contributed by atoms with van der Waals surface area (Å²) in [4.78, 5) is 26.4. The second-order valence-electron chi connectivity index (χ2n) is 7.29. The van der Waals surface area contributed by atoms with E-state index in [2.05, 4.69) is 5.32 Å². The Morgan fingerprint density at radius 3 is 2.57 bits per heavy atom. The van der Waals surface area contributed by atoms with Gasteiger partial charge in [-0.1, -0.05) is 24.3 Å². The van der Waals surface area contributed by atoms with Crippen molar-refractivity contribution in [1.82, 2.24) is 10.2 Å². The maximum Gasteiger partial charge on any atom is 0.253 e. The summed E-state index contributed by atoms with van der Waals surface area (Å²) in [6.07, 6.45) is 1.84. The topological polar surface area (TPSA) is 67.9 Å². The highest BCUT2D eigenvalue weighted by Gasteiger charge is 2.38. The van der Waals surface area contributed by atoms with Crippen LogP contribution >= 0.6 is 0 Å². The maximum atomic E-state index is 13.0. The first-order valence-corrected chi connectivity index (χ1v) is 9.67. The Hall–Kier alpha value is -2.86. The standard InChI is InChI=1S/C22H24N2O4/c25-20-9-14-27-22(16-23-20)10-12-24(13-11-22)21(26)17-5-4-8-19(15-17)28-18-6-2-1-3-7-18/h1-8,15H,9-14,16H2,(H,23,25). The highest BCUT2D eigenvalue weighted by atomic mass is 16.5. The predicted octanol–water partition coefficient (Wildman–Crippen LogP) is 2.99. The summed E-state index contributed by atoms with van der Waals surface area (Å²) in [5.41, 5.74) is 0.265. The van der Waals surface area contributed by atoms with Crippen LogP contribution in [-0.2, 0) is 9.53 Å². The molecule has 1 N–H and O–H groups in total. The molecule has 2 aliphatic heterocycles. The van der Waals surface area contributed by atoms with Gasteiger partial charge >= 0.3 is 0 Å². The van der Waals surface area contributed by atoms with Crippen molar-refractivity contribution in [2.24, 2.45) is 0 Å². The Morgan fingerprint density at radius 2 is 1.79 bits per heavy atom. The van der Waals surface area contributed by atoms with Crippen molar-refractivity contribution in [1.29, 1.82) is 0 Å². The average Bonchev–Trinajstić information content (AvgIpc) is 2.91. The Bertz CT molecular complexity index is 845. The van der Waals surface area contributed by atoms with Gasteiger partial charge in [0.05, 0.1) is 12.2 Å². The van der Waals surface area contributed by atoms with Crippen molar-refractivity contribution in [3.63, 3.8) is 0 Å². The fraction of sp³-hybridized carbons (Fsp3) is 0.364. The van der Waals surface area contributed by atoms with Gasteiger partial charge in [0, 0.05) is 31.6 Å². The predicted molar refractivity (Wildman–Crippen MR) is 104 cm³/mol. The van der Waals surface area contributed by atoms with Crippen LogP contribution in [0.1, 0.15) is 29.6 Å². The molecular formula is C22H24N2O4. The van der Waals surface area contributed by atoms with Gasteiger partial charge in [-0.2, -0.15) is 0 Å². The third-order valence-electron chi connectivity index (χ3n) is 5.37. The minimum absolute atomic E-state index is 0.00832. The van der Waals surface area contributed by atoms with Gasteiger partial charge in [-0.25, -0.2) is 0 Å². The number of likely N-dealkylation sites (tertiary alicyclic amines) is 1. The van der Waals surface area contributed by atoms with Gasteiger partial charge in [0.15, 0.2) is 0 Å². The minimum atomic E-state index is -0.346. The van der Waals surface area contributed by atoms with Crippen LogP contribution in [0.3, 0.4) is 0 Å². The zero-order valence-electron chi connectivity index (χ0n) is 15.7. The Morgan fingerprint density at radius 1 is 1.04 bits per heavy atom. The smallest absolute Gasteiger partial charge is 0.253 e. The minimum Gasteiger partial charge on any atom is -0.457 e. The molecule has 2 aromatic carbocycles. The van der Waals surface area contributed by atoms with E-state index in [1.54, 1.807) is 6.07 Å². The molecule has 6 nitrogen and oxygen atoms in total. The molecule has 1 spiro atoms. The van der Waals surface area contributed by atoms with E-state index in [0.717, 1.165) is 18.6 Å². The number of piperidine rings is 1. The molecular weight excluding hydrogens is 356 g/mol. The lowest BCUT2D eigenvalue weighted by atomic mass is 9.90. The summed E-state index contributed by atoms with van der Waals surface area (Å²) >= 11 is 0. The van der Waals surface area contributed by atoms with Crippen molar-refractivity contribution >= 4 is 11.8 Å². The first kappa shape index (κ1) is 18.5. The van der Waals surface area contributed by atoms with Crippen molar-refractivity contribution < 1.29 is 19.1 Å². The van der Waals surface area contributed by atoms with Crippen LogP contribution in [0.4, 0.5) is 0 Å². The molecule has 6 heteroatoms. The van der Waals surface area contributed by atoms with E-state index in [0.29, 0.717) is 44.0 Å². The lowest BCUT2D eigenvalue weighted by Crippen LogP contribution is -2.52. The summed E-state index contributed by atoms with van der Waals surface area (Å²) in [7, 11) is 0. The molecule has 28 heavy (non-hydrogen) atoms. The van der Waals surface area contributed by atoms with Gasteiger partial charge in [-0.3, -0.25) is 9.59 Å². The number of ether oxygens (including phenoxy) is 2. The summed E-state index contributed by atoms with van der Waals surface area (Å²) in [6.45, 7) is 2.18. The Balaban J connectivity index is 1.40. The molecule has 0 aliphatic carbocycles. The molecule has 146 valence electrons. The Labute approximate surface area is 164 Å². The number of hydrogen-bond acceptors (Lipinski definition) is 4. The molecule has 0 unspecified atom stereocenters. The van der Waals surface area contributed by atoms with Gasteiger partial charge in [-0.05, 0) is 43.2 Å². The van der Waals surface area contributed by atoms with E-state index in [1.165, 1.54) is 0 Å². The highest BCUT2D eigenvalue weighted by Crippen LogP contribution is 2.29. The monoisotopic (exact) mass is 380 g/mol. The zero-order valence-corrected chi connectivity index (χ0v) is 15.7. The van der Waals surface area contributed by atoms with E-state index in [-0.39, 0.29) is 17.4 Å². The normalized spacial score (nSPS) is 19.0. The number of nitrogens with one attached hydrogen (secondary N) is 1. The van der Waals surface area contributed by atoms with Crippen LogP contribution < -0.4 is 10.1 Å². The summed E-state index contributed by atoms with van der Waals surface area (Å²) in [5.74, 6) is 1.40. The summed E-state index contributed by atoms with van der Waals surface area (Å²) in [6, 6.07) is 16.8. The van der Waals surface area contributed by atoms with Gasteiger partial charge < -0.3 is 19.7 Å². The van der Waals surface area contributed by atoms with Crippen molar-refractivity contribution in [2.75, 3.05) is 26.2 Å². The second-order valence-corrected chi connectivity index (χ2v) is 7.29. The molecule has 4 rings (SSSR count). The number of carbonyl (C=O) groups excluding carboxylic acids is 2. The fourth-order valence-corrected chi connectivity index (χ4v) is 3.70. The van der Waals surface area contributed by atoms with Crippen LogP contribution in [0, 0.1) is 0 Å². The van der Waals surface area contributed by atoms with E-state index < -0.39 is 0 Å². The third kappa shape index (κ3) is 4.17. The molecule has 2 aromatic rings. The van der Waals surface area contributed by atoms with Gasteiger partial charge in [-0.15, -0.1) is 0 Å². The molecule has 0 saturated carbocycles. The zero-order chi connectivity index (χ0) is 19.4. The molecule has 2 aliphatic rings. The maximum absolute atomic E-state index is 13.0. The quantitative estimate of drug-likeness (QED) is 0.889. The molecule has 0 radical (unpaired) electrons. The molecule has 2 fully saturated rings. The van der Waals surface area contributed by atoms with Gasteiger partial charge in [0.25, 0.3) is 5.91 Å². The number of carbonyl (C=O) groups is 2. The SMILES string of the molecule is O=C1CCOC2(CCN(C(=O)c3cccc(Oc4ccccc4)c3)CC2)CN1. The lowest BCUT2D eigenvalue weighted by Gasteiger charge is -2.40. The average molecular weight is 380 g/mol. The molecule has 0 aromatic heterocycles. The van der Waals surface area contributed by atoms with Gasteiger partial charge in [0.1, 0.15) is 11.5 Å². The van der Waals surface area contributed by atoms with Crippen molar-refractivity contribution in [3.8, 4) is 11.5 Å². The van der Waals surface area contributed by atoms with Crippen molar-refractivity contribution in [2.45, 2.75) is 24.9 Å². The van der Waals surface area contributed by atoms with E-state index >= 15 is 0 Å². The first-order chi connectivity index (χ1) is 13.6. The number of benzene rings is 2. The molecule has 0 bridgehead atoms. The van der Waals surface area contributed by atoms with E-state index in [9.17, 15) is 9.59 Å². The first-order valence-electron chi connectivity index (χ1n) is 9.67. The fourth-order valence-electron chi connectivity index (χ4n) is 3.70. The summed E-state index contributed by atoms with van der Waals surface area (Å²) in [5, 5.41) is 2.93. The Kier molecular flexibility index (Phi) is 5.30. The van der Waals surface area contributed by atoms with E-state index in [4.69, 9.17) is 9.47 Å². The van der Waals surface area contributed by atoms with Crippen LogP contribution in [0.15, 0.2) is 54.6 Å². The largest absolute Gasteiger partial charge is 0.457 e. The second kappa shape index (κ2) is 8.02. The molecule has 2 heterocycles. The molecule has 2 saturated heterocycles. The number of hydrogen-bond donors (Lipinski definition) is 1. The summed E-state index contributed by atoms with van der Waals surface area (Å²) < 4.78 is 11.8. The van der Waals surface area contributed by atoms with E-state index in [1.807, 2.05) is 53.4 Å². The lowest BCUT2D eigenvalue weighted by molar-refractivity contribution is -0.120. The number of para-hydroxylation sites is 1. The molecule has 2 amide bonds. The third-order valence-corrected chi connectivity index (χ3v) is 5.37. The van der Waals surface area contributed by atoms with Crippen LogP contribution in [-0.4, -0.2) is 48.6 Å². The van der Waals surface area contributed by atoms with Crippen molar-refractivity contribution in [3.05, 3.63) is 60.2 Å².